The number of nitriles is 1. The van der Waals surface area contributed by atoms with Crippen molar-refractivity contribution in [2.24, 2.45) is 0 Å². The Hall–Kier alpha value is -2.21. The number of nitrogens with zero attached hydrogens (tertiary/aromatic N) is 1. The summed E-state index contributed by atoms with van der Waals surface area (Å²) in [6.45, 7) is 1.07. The summed E-state index contributed by atoms with van der Waals surface area (Å²) in [6, 6.07) is 10.9. The quantitative estimate of drug-likeness (QED) is 0.821. The van der Waals surface area contributed by atoms with Crippen LogP contribution in [0.1, 0.15) is 43.4 Å². The molecule has 0 atom stereocenters. The number of hydrogen-bond acceptors (Lipinski definition) is 2. The monoisotopic (exact) mass is 277 g/mol. The highest BCUT2D eigenvalue weighted by Gasteiger charge is 2.39. The van der Waals surface area contributed by atoms with Crippen LogP contribution in [0.15, 0.2) is 30.5 Å². The summed E-state index contributed by atoms with van der Waals surface area (Å²) in [4.78, 5) is 3.02. The fourth-order valence-corrected chi connectivity index (χ4v) is 4.04. The Labute approximate surface area is 125 Å². The van der Waals surface area contributed by atoms with Gasteiger partial charge < -0.3 is 10.3 Å². The van der Waals surface area contributed by atoms with Gasteiger partial charge in [0.1, 0.15) is 11.8 Å². The van der Waals surface area contributed by atoms with Crippen LogP contribution in [-0.4, -0.2) is 11.5 Å². The Morgan fingerprint density at radius 3 is 2.76 bits per heavy atom. The van der Waals surface area contributed by atoms with Crippen molar-refractivity contribution in [1.82, 2.24) is 4.98 Å². The topological polar surface area (TPSA) is 51.6 Å². The van der Waals surface area contributed by atoms with Crippen LogP contribution in [0.25, 0.3) is 11.1 Å². The van der Waals surface area contributed by atoms with Crippen LogP contribution in [0.3, 0.4) is 0 Å². The highest BCUT2D eigenvalue weighted by atomic mass is 14.9. The van der Waals surface area contributed by atoms with Crippen LogP contribution in [0.2, 0.25) is 0 Å². The van der Waals surface area contributed by atoms with Crippen molar-refractivity contribution in [2.75, 3.05) is 11.9 Å². The molecule has 2 aromatic rings. The van der Waals surface area contributed by atoms with E-state index < -0.39 is 0 Å². The smallest absolute Gasteiger partial charge is 0.125 e. The number of aromatic amines is 1. The number of aromatic nitrogens is 1. The van der Waals surface area contributed by atoms with Gasteiger partial charge in [0.2, 0.25) is 0 Å². The molecule has 0 radical (unpaired) electrons. The van der Waals surface area contributed by atoms with Gasteiger partial charge in [0.25, 0.3) is 0 Å². The zero-order chi connectivity index (χ0) is 14.3. The molecule has 21 heavy (non-hydrogen) atoms. The maximum absolute atomic E-state index is 9.21. The molecule has 2 N–H and O–H groups in total. The maximum Gasteiger partial charge on any atom is 0.125 e. The molecule has 1 aliphatic carbocycles. The lowest BCUT2D eigenvalue weighted by molar-refractivity contribution is 0.319. The normalized spacial score (nSPS) is 19.0. The highest BCUT2D eigenvalue weighted by molar-refractivity contribution is 5.74. The second-order valence-electron chi connectivity index (χ2n) is 6.33. The zero-order valence-electron chi connectivity index (χ0n) is 12.1. The number of fused-ring (bicyclic) bond motifs is 2. The molecule has 0 unspecified atom stereocenters. The first-order chi connectivity index (χ1) is 10.3. The van der Waals surface area contributed by atoms with Gasteiger partial charge in [-0.1, -0.05) is 25.3 Å². The van der Waals surface area contributed by atoms with Crippen molar-refractivity contribution in [1.29, 1.82) is 5.26 Å². The van der Waals surface area contributed by atoms with E-state index in [1.54, 1.807) is 0 Å². The molecule has 1 saturated carbocycles. The Morgan fingerprint density at radius 2 is 1.95 bits per heavy atom. The third-order valence-corrected chi connectivity index (χ3v) is 5.19. The van der Waals surface area contributed by atoms with Crippen LogP contribution < -0.4 is 5.32 Å². The Balaban J connectivity index is 1.81. The van der Waals surface area contributed by atoms with Crippen molar-refractivity contribution < 1.29 is 0 Å². The molecular weight excluding hydrogens is 258 g/mol. The van der Waals surface area contributed by atoms with E-state index >= 15 is 0 Å². The summed E-state index contributed by atoms with van der Waals surface area (Å²) in [7, 11) is 0. The minimum Gasteiger partial charge on any atom is -0.384 e. The van der Waals surface area contributed by atoms with Gasteiger partial charge in [0.05, 0.1) is 0 Å². The summed E-state index contributed by atoms with van der Waals surface area (Å²) in [5.74, 6) is 0. The lowest BCUT2D eigenvalue weighted by atomic mass is 9.70. The van der Waals surface area contributed by atoms with E-state index in [9.17, 15) is 5.26 Å². The van der Waals surface area contributed by atoms with Crippen molar-refractivity contribution in [3.63, 3.8) is 0 Å². The maximum atomic E-state index is 9.21. The molecule has 1 fully saturated rings. The van der Waals surface area contributed by atoms with E-state index in [-0.39, 0.29) is 0 Å². The predicted molar refractivity (Wildman–Crippen MR) is 84.2 cm³/mol. The van der Waals surface area contributed by atoms with Crippen LogP contribution in [0.5, 0.6) is 0 Å². The van der Waals surface area contributed by atoms with Crippen molar-refractivity contribution in [3.05, 3.63) is 41.7 Å². The van der Waals surface area contributed by atoms with E-state index in [1.165, 1.54) is 43.4 Å². The van der Waals surface area contributed by atoms with Gasteiger partial charge in [0, 0.05) is 29.4 Å². The lowest BCUT2D eigenvalue weighted by Crippen LogP contribution is -2.30. The van der Waals surface area contributed by atoms with E-state index in [0.29, 0.717) is 11.1 Å². The first kappa shape index (κ1) is 12.5. The number of H-pyrrole nitrogens is 1. The molecule has 106 valence electrons. The minimum atomic E-state index is 0.326. The fourth-order valence-electron chi connectivity index (χ4n) is 4.04. The molecule has 3 nitrogen and oxygen atoms in total. The molecule has 1 aromatic heterocycles. The highest BCUT2D eigenvalue weighted by Crippen LogP contribution is 2.47. The second-order valence-corrected chi connectivity index (χ2v) is 6.33. The van der Waals surface area contributed by atoms with E-state index in [1.807, 2.05) is 12.3 Å². The van der Waals surface area contributed by atoms with Crippen LogP contribution in [0, 0.1) is 11.3 Å². The van der Waals surface area contributed by atoms with Crippen LogP contribution in [-0.2, 0) is 5.41 Å². The SMILES string of the molecule is N#Cc1[nH]ccc1-c1ccc2c(c1)C1(CCCCC1)CN2. The molecule has 1 aromatic carbocycles. The molecule has 1 spiro atoms. The molecule has 2 aliphatic rings. The predicted octanol–water partition coefficient (Wildman–Crippen LogP) is 4.18. The Morgan fingerprint density at radius 1 is 1.10 bits per heavy atom. The number of rotatable bonds is 1. The zero-order valence-corrected chi connectivity index (χ0v) is 12.1. The summed E-state index contributed by atoms with van der Waals surface area (Å²) < 4.78 is 0. The summed E-state index contributed by atoms with van der Waals surface area (Å²) >= 11 is 0. The van der Waals surface area contributed by atoms with Crippen molar-refractivity contribution in [2.45, 2.75) is 37.5 Å². The molecule has 0 bridgehead atoms. The van der Waals surface area contributed by atoms with E-state index in [2.05, 4.69) is 34.6 Å². The number of hydrogen-bond donors (Lipinski definition) is 2. The van der Waals surface area contributed by atoms with Crippen LogP contribution in [0.4, 0.5) is 5.69 Å². The molecule has 2 heterocycles. The molecule has 1 aliphatic heterocycles. The summed E-state index contributed by atoms with van der Waals surface area (Å²) in [6.07, 6.45) is 8.45. The number of anilines is 1. The Bertz CT molecular complexity index is 709. The molecule has 4 rings (SSSR count). The number of benzene rings is 1. The standard InChI is InChI=1S/C18H19N3/c19-11-17-14(6-9-20-17)13-4-5-16-15(10-13)18(12-21-16)7-2-1-3-8-18/h4-6,9-10,20-21H,1-3,7-8,12H2. The average molecular weight is 277 g/mol. The van der Waals surface area contributed by atoms with Crippen molar-refractivity contribution >= 4 is 5.69 Å². The fraction of sp³-hybridized carbons (Fsp3) is 0.389. The van der Waals surface area contributed by atoms with Gasteiger partial charge in [-0.3, -0.25) is 0 Å². The third-order valence-electron chi connectivity index (χ3n) is 5.19. The van der Waals surface area contributed by atoms with Gasteiger partial charge >= 0.3 is 0 Å². The molecular formula is C18H19N3. The molecule has 3 heteroatoms. The lowest BCUT2D eigenvalue weighted by Gasteiger charge is -2.33. The minimum absolute atomic E-state index is 0.326. The van der Waals surface area contributed by atoms with Crippen molar-refractivity contribution in [3.8, 4) is 17.2 Å². The summed E-state index contributed by atoms with van der Waals surface area (Å²) in [5.41, 5.74) is 5.89. The average Bonchev–Trinajstić information content (AvgIpc) is 3.14. The van der Waals surface area contributed by atoms with E-state index in [4.69, 9.17) is 0 Å². The first-order valence-corrected chi connectivity index (χ1v) is 7.79. The third kappa shape index (κ3) is 1.86. The summed E-state index contributed by atoms with van der Waals surface area (Å²) in [5, 5.41) is 12.8. The molecule has 0 saturated heterocycles. The molecule has 0 amide bonds. The van der Waals surface area contributed by atoms with Gasteiger partial charge in [0.15, 0.2) is 0 Å². The van der Waals surface area contributed by atoms with Gasteiger partial charge in [-0.25, -0.2) is 0 Å². The Kier molecular flexibility index (Phi) is 2.78. The second kappa shape index (κ2) is 4.66. The van der Waals surface area contributed by atoms with Gasteiger partial charge in [-0.2, -0.15) is 5.26 Å². The van der Waals surface area contributed by atoms with Crippen LogP contribution >= 0.6 is 0 Å². The first-order valence-electron chi connectivity index (χ1n) is 7.79. The van der Waals surface area contributed by atoms with E-state index in [0.717, 1.165) is 17.7 Å². The largest absolute Gasteiger partial charge is 0.384 e. The number of nitrogens with one attached hydrogen (secondary N) is 2. The van der Waals surface area contributed by atoms with Gasteiger partial charge in [-0.15, -0.1) is 0 Å². The van der Waals surface area contributed by atoms with Gasteiger partial charge in [-0.05, 0) is 42.2 Å².